The Labute approximate surface area is 176 Å². The van der Waals surface area contributed by atoms with Gasteiger partial charge in [-0.3, -0.25) is 19.3 Å². The lowest BCUT2D eigenvalue weighted by atomic mass is 9.73. The molecule has 1 aromatic carbocycles. The third kappa shape index (κ3) is 3.88. The van der Waals surface area contributed by atoms with Gasteiger partial charge in [-0.1, -0.05) is 19.3 Å². The van der Waals surface area contributed by atoms with E-state index >= 15 is 0 Å². The van der Waals surface area contributed by atoms with Gasteiger partial charge in [0.2, 0.25) is 27.7 Å². The van der Waals surface area contributed by atoms with Crippen LogP contribution < -0.4 is 5.32 Å². The molecule has 0 bridgehead atoms. The third-order valence-electron chi connectivity index (χ3n) is 6.44. The molecule has 0 unspecified atom stereocenters. The van der Waals surface area contributed by atoms with Gasteiger partial charge < -0.3 is 5.32 Å². The molecule has 0 aromatic heterocycles. The van der Waals surface area contributed by atoms with E-state index in [1.54, 1.807) is 0 Å². The second kappa shape index (κ2) is 8.11. The summed E-state index contributed by atoms with van der Waals surface area (Å²) in [5.41, 5.74) is -0.187. The highest BCUT2D eigenvalue weighted by molar-refractivity contribution is 7.89. The van der Waals surface area contributed by atoms with E-state index in [0.29, 0.717) is 31.6 Å². The highest BCUT2D eigenvalue weighted by Gasteiger charge is 2.51. The van der Waals surface area contributed by atoms with Gasteiger partial charge in [-0.05, 0) is 49.9 Å². The number of benzene rings is 1. The number of sulfonamides is 1. The minimum Gasteiger partial charge on any atom is -0.325 e. The molecule has 1 spiro atoms. The molecule has 2 heterocycles. The highest BCUT2D eigenvalue weighted by Crippen LogP contribution is 2.45. The monoisotopic (exact) mass is 433 g/mol. The summed E-state index contributed by atoms with van der Waals surface area (Å²) in [6, 6.07) is 5.98. The molecule has 3 fully saturated rings. The smallest absolute Gasteiger partial charge is 0.244 e. The van der Waals surface area contributed by atoms with Gasteiger partial charge in [0.05, 0.1) is 10.3 Å². The fraction of sp³-hybridized carbons (Fsp3) is 0.571. The van der Waals surface area contributed by atoms with Gasteiger partial charge in [0.1, 0.15) is 6.54 Å². The van der Waals surface area contributed by atoms with Crippen molar-refractivity contribution >= 4 is 33.4 Å². The maximum absolute atomic E-state index is 12.8. The van der Waals surface area contributed by atoms with Crippen molar-refractivity contribution in [1.29, 1.82) is 0 Å². The van der Waals surface area contributed by atoms with Gasteiger partial charge in [0.15, 0.2) is 0 Å². The van der Waals surface area contributed by atoms with Crippen molar-refractivity contribution in [3.8, 4) is 0 Å². The third-order valence-corrected chi connectivity index (χ3v) is 8.36. The zero-order valence-electron chi connectivity index (χ0n) is 16.9. The summed E-state index contributed by atoms with van der Waals surface area (Å²) in [4.78, 5) is 38.9. The van der Waals surface area contributed by atoms with Gasteiger partial charge in [0.25, 0.3) is 0 Å². The summed E-state index contributed by atoms with van der Waals surface area (Å²) < 4.78 is 26.6. The molecular formula is C21H27N3O5S. The van der Waals surface area contributed by atoms with Crippen molar-refractivity contribution in [3.63, 3.8) is 0 Å². The maximum atomic E-state index is 12.8. The first kappa shape index (κ1) is 21.0. The first-order chi connectivity index (χ1) is 14.3. The number of carbonyl (C=O) groups is 3. The van der Waals surface area contributed by atoms with E-state index in [1.165, 1.54) is 28.6 Å². The Morgan fingerprint density at radius 3 is 2.23 bits per heavy atom. The molecule has 9 heteroatoms. The first-order valence-corrected chi connectivity index (χ1v) is 12.0. The number of nitrogens with zero attached hydrogens (tertiary/aromatic N) is 2. The first-order valence-electron chi connectivity index (χ1n) is 10.6. The van der Waals surface area contributed by atoms with E-state index in [2.05, 4.69) is 5.32 Å². The standard InChI is InChI=1S/C21H27N3O5S/c25-18(15-24-19(26)14-21(20(24)27)10-2-1-3-11-21)22-16-6-8-17(9-7-16)30(28,29)23-12-4-5-13-23/h6-9H,1-5,10-15H2,(H,22,25). The fourth-order valence-corrected chi connectivity index (χ4v) is 6.29. The molecule has 8 nitrogen and oxygen atoms in total. The van der Waals surface area contributed by atoms with Gasteiger partial charge >= 0.3 is 0 Å². The molecule has 2 aliphatic heterocycles. The van der Waals surface area contributed by atoms with Crippen LogP contribution in [0.4, 0.5) is 5.69 Å². The lowest BCUT2D eigenvalue weighted by Crippen LogP contribution is -2.41. The van der Waals surface area contributed by atoms with Gasteiger partial charge in [-0.2, -0.15) is 4.31 Å². The molecular weight excluding hydrogens is 406 g/mol. The molecule has 4 rings (SSSR count). The van der Waals surface area contributed by atoms with E-state index < -0.39 is 21.3 Å². The van der Waals surface area contributed by atoms with Crippen LogP contribution in [0.3, 0.4) is 0 Å². The van der Waals surface area contributed by atoms with Crippen LogP contribution >= 0.6 is 0 Å². The Kier molecular flexibility index (Phi) is 5.67. The number of carbonyl (C=O) groups excluding carboxylic acids is 3. The minimum absolute atomic E-state index is 0.187. The zero-order valence-corrected chi connectivity index (χ0v) is 17.7. The number of amides is 3. The summed E-state index contributed by atoms with van der Waals surface area (Å²) in [5.74, 6) is -0.988. The lowest BCUT2D eigenvalue weighted by Gasteiger charge is -2.30. The second-order valence-electron chi connectivity index (χ2n) is 8.49. The molecule has 162 valence electrons. The van der Waals surface area contributed by atoms with Crippen LogP contribution in [0, 0.1) is 5.41 Å². The van der Waals surface area contributed by atoms with Crippen molar-refractivity contribution in [3.05, 3.63) is 24.3 Å². The summed E-state index contributed by atoms with van der Waals surface area (Å²) in [6.45, 7) is 0.744. The van der Waals surface area contributed by atoms with Crippen molar-refractivity contribution in [2.45, 2.75) is 56.3 Å². The van der Waals surface area contributed by atoms with Crippen molar-refractivity contribution in [2.75, 3.05) is 25.0 Å². The van der Waals surface area contributed by atoms with Crippen LogP contribution in [0.15, 0.2) is 29.2 Å². The number of likely N-dealkylation sites (tertiary alicyclic amines) is 1. The summed E-state index contributed by atoms with van der Waals surface area (Å²) in [7, 11) is -3.51. The fourth-order valence-electron chi connectivity index (χ4n) is 4.77. The number of hydrogen-bond acceptors (Lipinski definition) is 5. The van der Waals surface area contributed by atoms with Crippen LogP contribution in [-0.4, -0.2) is 55.0 Å². The van der Waals surface area contributed by atoms with Crippen molar-refractivity contribution < 1.29 is 22.8 Å². The Balaban J connectivity index is 1.38. The number of anilines is 1. The van der Waals surface area contributed by atoms with Gasteiger partial charge in [-0.25, -0.2) is 8.42 Å². The second-order valence-corrected chi connectivity index (χ2v) is 10.4. The molecule has 0 radical (unpaired) electrons. The average Bonchev–Trinajstić information content (AvgIpc) is 3.34. The minimum atomic E-state index is -3.51. The van der Waals surface area contributed by atoms with Crippen molar-refractivity contribution in [1.82, 2.24) is 9.21 Å². The molecule has 2 saturated heterocycles. The number of nitrogens with one attached hydrogen (secondary N) is 1. The van der Waals surface area contributed by atoms with E-state index in [1.807, 2.05) is 0 Å². The highest BCUT2D eigenvalue weighted by atomic mass is 32.2. The largest absolute Gasteiger partial charge is 0.325 e. The molecule has 1 saturated carbocycles. The molecule has 1 N–H and O–H groups in total. The quantitative estimate of drug-likeness (QED) is 0.717. The summed E-state index contributed by atoms with van der Waals surface area (Å²) >= 11 is 0. The zero-order chi connectivity index (χ0) is 21.4. The Morgan fingerprint density at radius 2 is 1.60 bits per heavy atom. The van der Waals surface area contributed by atoms with Crippen LogP contribution in [0.2, 0.25) is 0 Å². The topological polar surface area (TPSA) is 104 Å². The molecule has 3 aliphatic rings. The molecule has 0 atom stereocenters. The Bertz CT molecular complexity index is 945. The Hall–Kier alpha value is -2.26. The Morgan fingerprint density at radius 1 is 0.967 bits per heavy atom. The molecule has 3 amide bonds. The van der Waals surface area contributed by atoms with Crippen LogP contribution in [0.25, 0.3) is 0 Å². The van der Waals surface area contributed by atoms with Crippen LogP contribution in [0.5, 0.6) is 0 Å². The normalized spacial score (nSPS) is 22.1. The maximum Gasteiger partial charge on any atom is 0.244 e. The van der Waals surface area contributed by atoms with Crippen molar-refractivity contribution in [2.24, 2.45) is 5.41 Å². The number of hydrogen-bond donors (Lipinski definition) is 1. The van der Waals surface area contributed by atoms with E-state index in [0.717, 1.165) is 37.0 Å². The SMILES string of the molecule is O=C(CN1C(=O)CC2(CCCCC2)C1=O)Nc1ccc(S(=O)(=O)N2CCCC2)cc1. The predicted molar refractivity (Wildman–Crippen MR) is 110 cm³/mol. The average molecular weight is 434 g/mol. The van der Waals surface area contributed by atoms with E-state index in [9.17, 15) is 22.8 Å². The van der Waals surface area contributed by atoms with Crippen LogP contribution in [-0.2, 0) is 24.4 Å². The predicted octanol–water partition coefficient (Wildman–Crippen LogP) is 2.12. The summed E-state index contributed by atoms with van der Waals surface area (Å²) in [6.07, 6.45) is 6.29. The molecule has 1 aromatic rings. The van der Waals surface area contributed by atoms with Gasteiger partial charge in [0, 0.05) is 25.2 Å². The molecule has 1 aliphatic carbocycles. The molecule has 30 heavy (non-hydrogen) atoms. The lowest BCUT2D eigenvalue weighted by molar-refractivity contribution is -0.144. The number of imide groups is 1. The summed E-state index contributed by atoms with van der Waals surface area (Å²) in [5, 5.41) is 2.66. The van der Waals surface area contributed by atoms with Crippen LogP contribution in [0.1, 0.15) is 51.4 Å². The van der Waals surface area contributed by atoms with E-state index in [-0.39, 0.29) is 29.7 Å². The van der Waals surface area contributed by atoms with Gasteiger partial charge in [-0.15, -0.1) is 0 Å². The van der Waals surface area contributed by atoms with E-state index in [4.69, 9.17) is 0 Å². The number of rotatable bonds is 5.